The fourth-order valence-corrected chi connectivity index (χ4v) is 3.20. The van der Waals surface area contributed by atoms with Crippen LogP contribution in [0.25, 0.3) is 0 Å². The van der Waals surface area contributed by atoms with Gasteiger partial charge in [-0.3, -0.25) is 0 Å². The van der Waals surface area contributed by atoms with E-state index in [4.69, 9.17) is 0 Å². The van der Waals surface area contributed by atoms with E-state index in [-0.39, 0.29) is 0 Å². The van der Waals surface area contributed by atoms with Crippen molar-refractivity contribution in [2.24, 2.45) is 0 Å². The standard InChI is InChI=1S/C15H34N2O2S/c1-4-6-7-8-9-10-11-13-16-14-12-15-17(5-2)20(3,18)19/h16H,4-15H2,1-3H3. The minimum Gasteiger partial charge on any atom is -0.317 e. The summed E-state index contributed by atoms with van der Waals surface area (Å²) >= 11 is 0. The van der Waals surface area contributed by atoms with Crippen LogP contribution in [0.4, 0.5) is 0 Å². The average molecular weight is 307 g/mol. The molecule has 0 rings (SSSR count). The van der Waals surface area contributed by atoms with Crippen LogP contribution in [0, 0.1) is 0 Å². The van der Waals surface area contributed by atoms with E-state index in [2.05, 4.69) is 12.2 Å². The van der Waals surface area contributed by atoms with Gasteiger partial charge in [0.15, 0.2) is 0 Å². The van der Waals surface area contributed by atoms with Crippen molar-refractivity contribution in [1.82, 2.24) is 9.62 Å². The van der Waals surface area contributed by atoms with Crippen molar-refractivity contribution in [3.05, 3.63) is 0 Å². The van der Waals surface area contributed by atoms with Crippen molar-refractivity contribution >= 4 is 10.0 Å². The molecule has 0 atom stereocenters. The predicted molar refractivity (Wildman–Crippen MR) is 87.6 cm³/mol. The van der Waals surface area contributed by atoms with E-state index in [0.29, 0.717) is 13.1 Å². The van der Waals surface area contributed by atoms with Crippen LogP contribution >= 0.6 is 0 Å². The summed E-state index contributed by atoms with van der Waals surface area (Å²) in [6, 6.07) is 0. The van der Waals surface area contributed by atoms with Crippen LogP contribution in [0.15, 0.2) is 0 Å². The van der Waals surface area contributed by atoms with Crippen LogP contribution in [0.5, 0.6) is 0 Å². The minimum absolute atomic E-state index is 0.566. The SMILES string of the molecule is CCCCCCCCCNCCCN(CC)S(C)(=O)=O. The summed E-state index contributed by atoms with van der Waals surface area (Å²) in [7, 11) is -3.02. The van der Waals surface area contributed by atoms with Crippen LogP contribution in [0.1, 0.15) is 65.2 Å². The summed E-state index contributed by atoms with van der Waals surface area (Å²) < 4.78 is 24.3. The van der Waals surface area contributed by atoms with Gasteiger partial charge in [-0.1, -0.05) is 52.4 Å². The largest absolute Gasteiger partial charge is 0.317 e. The smallest absolute Gasteiger partial charge is 0.211 e. The van der Waals surface area contributed by atoms with Crippen LogP contribution in [0.3, 0.4) is 0 Å². The lowest BCUT2D eigenvalue weighted by Gasteiger charge is -2.17. The van der Waals surface area contributed by atoms with Gasteiger partial charge < -0.3 is 5.32 Å². The second-order valence-corrected chi connectivity index (χ2v) is 7.46. The van der Waals surface area contributed by atoms with Crippen molar-refractivity contribution in [3.63, 3.8) is 0 Å². The molecule has 20 heavy (non-hydrogen) atoms. The third kappa shape index (κ3) is 11.7. The number of sulfonamides is 1. The summed E-state index contributed by atoms with van der Waals surface area (Å²) in [6.45, 7) is 7.27. The highest BCUT2D eigenvalue weighted by Crippen LogP contribution is 2.06. The molecule has 0 amide bonds. The molecule has 0 aliphatic carbocycles. The van der Waals surface area contributed by atoms with Gasteiger partial charge in [-0.2, -0.15) is 0 Å². The van der Waals surface area contributed by atoms with Crippen LogP contribution < -0.4 is 5.32 Å². The topological polar surface area (TPSA) is 49.4 Å². The van der Waals surface area contributed by atoms with Gasteiger partial charge in [0.25, 0.3) is 0 Å². The Morgan fingerprint density at radius 3 is 1.95 bits per heavy atom. The molecule has 0 saturated heterocycles. The van der Waals surface area contributed by atoms with Crippen molar-refractivity contribution in [1.29, 1.82) is 0 Å². The number of rotatable bonds is 14. The molecule has 4 nitrogen and oxygen atoms in total. The molecule has 0 bridgehead atoms. The molecule has 0 saturated carbocycles. The number of nitrogens with one attached hydrogen (secondary N) is 1. The predicted octanol–water partition coefficient (Wildman–Crippen LogP) is 3.00. The first-order valence-electron chi connectivity index (χ1n) is 8.18. The Morgan fingerprint density at radius 2 is 1.40 bits per heavy atom. The summed E-state index contributed by atoms with van der Waals surface area (Å²) in [5, 5.41) is 3.40. The fourth-order valence-electron chi connectivity index (χ4n) is 2.27. The van der Waals surface area contributed by atoms with Crippen LogP contribution in [0.2, 0.25) is 0 Å². The summed E-state index contributed by atoms with van der Waals surface area (Å²) in [5.74, 6) is 0. The second-order valence-electron chi connectivity index (χ2n) is 5.48. The van der Waals surface area contributed by atoms with Crippen molar-refractivity contribution in [3.8, 4) is 0 Å². The molecule has 0 aromatic carbocycles. The summed E-state index contributed by atoms with van der Waals surface area (Å²) in [5.41, 5.74) is 0. The molecule has 0 fully saturated rings. The molecule has 0 radical (unpaired) electrons. The Labute approximate surface area is 126 Å². The van der Waals surface area contributed by atoms with E-state index in [1.54, 1.807) is 0 Å². The Kier molecular flexibility index (Phi) is 12.5. The lowest BCUT2D eigenvalue weighted by Crippen LogP contribution is -2.32. The molecule has 5 heteroatoms. The summed E-state index contributed by atoms with van der Waals surface area (Å²) in [4.78, 5) is 0. The zero-order chi connectivity index (χ0) is 15.3. The second kappa shape index (κ2) is 12.6. The normalized spacial score (nSPS) is 12.2. The van der Waals surface area contributed by atoms with Gasteiger partial charge in [-0.15, -0.1) is 0 Å². The number of hydrogen-bond acceptors (Lipinski definition) is 3. The molecule has 0 spiro atoms. The maximum absolute atomic E-state index is 11.4. The van der Waals surface area contributed by atoms with Crippen LogP contribution in [-0.4, -0.2) is 45.2 Å². The van der Waals surface area contributed by atoms with Gasteiger partial charge in [-0.25, -0.2) is 12.7 Å². The molecule has 122 valence electrons. The van der Waals surface area contributed by atoms with Crippen molar-refractivity contribution in [2.75, 3.05) is 32.4 Å². The molecule has 0 aliphatic heterocycles. The molecule has 0 heterocycles. The fraction of sp³-hybridized carbons (Fsp3) is 1.00. The van der Waals surface area contributed by atoms with E-state index in [1.165, 1.54) is 55.5 Å². The number of nitrogens with zero attached hydrogens (tertiary/aromatic N) is 1. The number of hydrogen-bond donors (Lipinski definition) is 1. The van der Waals surface area contributed by atoms with Gasteiger partial charge >= 0.3 is 0 Å². The molecular formula is C15H34N2O2S. The third-order valence-electron chi connectivity index (χ3n) is 3.54. The lowest BCUT2D eigenvalue weighted by molar-refractivity contribution is 0.418. The van der Waals surface area contributed by atoms with Gasteiger partial charge in [-0.05, 0) is 25.9 Å². The van der Waals surface area contributed by atoms with E-state index in [9.17, 15) is 8.42 Å². The monoisotopic (exact) mass is 306 g/mol. The van der Waals surface area contributed by atoms with Gasteiger partial charge in [0.2, 0.25) is 10.0 Å². The highest BCUT2D eigenvalue weighted by Gasteiger charge is 2.12. The van der Waals surface area contributed by atoms with E-state index in [1.807, 2.05) is 6.92 Å². The summed E-state index contributed by atoms with van der Waals surface area (Å²) in [6.07, 6.45) is 11.5. The zero-order valence-corrected chi connectivity index (χ0v) is 14.5. The quantitative estimate of drug-likeness (QED) is 0.502. The van der Waals surface area contributed by atoms with E-state index in [0.717, 1.165) is 19.5 Å². The van der Waals surface area contributed by atoms with Crippen LogP contribution in [-0.2, 0) is 10.0 Å². The molecule has 0 aromatic heterocycles. The molecular weight excluding hydrogens is 272 g/mol. The highest BCUT2D eigenvalue weighted by atomic mass is 32.2. The first kappa shape index (κ1) is 19.9. The van der Waals surface area contributed by atoms with Gasteiger partial charge in [0, 0.05) is 13.1 Å². The molecule has 0 unspecified atom stereocenters. The molecule has 0 aromatic rings. The third-order valence-corrected chi connectivity index (χ3v) is 4.92. The Morgan fingerprint density at radius 1 is 0.850 bits per heavy atom. The highest BCUT2D eigenvalue weighted by molar-refractivity contribution is 7.88. The first-order chi connectivity index (χ1) is 9.52. The first-order valence-corrected chi connectivity index (χ1v) is 10.0. The van der Waals surface area contributed by atoms with Crippen molar-refractivity contribution in [2.45, 2.75) is 65.2 Å². The van der Waals surface area contributed by atoms with Crippen molar-refractivity contribution < 1.29 is 8.42 Å². The van der Waals surface area contributed by atoms with Gasteiger partial charge in [0.05, 0.1) is 6.26 Å². The maximum atomic E-state index is 11.4. The Bertz CT molecular complexity index is 305. The molecule has 1 N–H and O–H groups in total. The number of unbranched alkanes of at least 4 members (excludes halogenated alkanes) is 6. The maximum Gasteiger partial charge on any atom is 0.211 e. The Balaban J connectivity index is 3.32. The Hall–Kier alpha value is -0.130. The lowest BCUT2D eigenvalue weighted by atomic mass is 10.1. The average Bonchev–Trinajstić information content (AvgIpc) is 2.38. The van der Waals surface area contributed by atoms with Gasteiger partial charge in [0.1, 0.15) is 0 Å². The minimum atomic E-state index is -3.02. The zero-order valence-electron chi connectivity index (χ0n) is 13.7. The van der Waals surface area contributed by atoms with E-state index < -0.39 is 10.0 Å². The molecule has 0 aliphatic rings. The van der Waals surface area contributed by atoms with E-state index >= 15 is 0 Å².